The lowest BCUT2D eigenvalue weighted by molar-refractivity contribution is 1.27. The number of fused-ring (bicyclic) bond motifs is 1. The first-order valence-electron chi connectivity index (χ1n) is 6.69. The zero-order valence-corrected chi connectivity index (χ0v) is 11.6. The van der Waals surface area contributed by atoms with Crippen molar-refractivity contribution in [3.05, 3.63) is 65.9 Å². The summed E-state index contributed by atoms with van der Waals surface area (Å²) in [7, 11) is 0. The lowest BCUT2D eigenvalue weighted by Gasteiger charge is -2.04. The molecule has 0 amide bonds. The standard InChI is InChI=1S/C17H17N3/c1-12-17(15-10-6-7-11-16(15)18-12)13(2)19-20-14-8-4-3-5-9-14/h3-11,18,20H,1-2H3. The minimum absolute atomic E-state index is 0.976. The number of rotatable bonds is 3. The second kappa shape index (κ2) is 5.21. The van der Waals surface area contributed by atoms with Gasteiger partial charge in [-0.1, -0.05) is 36.4 Å². The van der Waals surface area contributed by atoms with Gasteiger partial charge in [0.2, 0.25) is 0 Å². The third-order valence-corrected chi connectivity index (χ3v) is 3.38. The van der Waals surface area contributed by atoms with Crippen LogP contribution in [0.3, 0.4) is 0 Å². The summed E-state index contributed by atoms with van der Waals surface area (Å²) in [5, 5.41) is 5.70. The van der Waals surface area contributed by atoms with Gasteiger partial charge in [-0.3, -0.25) is 5.43 Å². The summed E-state index contributed by atoms with van der Waals surface area (Å²) in [6, 6.07) is 18.3. The molecule has 0 bridgehead atoms. The first-order chi connectivity index (χ1) is 9.75. The summed E-state index contributed by atoms with van der Waals surface area (Å²) in [6.45, 7) is 4.11. The highest BCUT2D eigenvalue weighted by Gasteiger charge is 2.10. The van der Waals surface area contributed by atoms with Crippen LogP contribution < -0.4 is 5.43 Å². The minimum atomic E-state index is 0.976. The normalized spacial score (nSPS) is 11.8. The molecule has 3 rings (SSSR count). The van der Waals surface area contributed by atoms with Crippen molar-refractivity contribution in [2.75, 3.05) is 5.43 Å². The van der Waals surface area contributed by atoms with E-state index in [1.807, 2.05) is 43.3 Å². The highest BCUT2D eigenvalue weighted by Crippen LogP contribution is 2.22. The average Bonchev–Trinajstić information content (AvgIpc) is 2.82. The molecule has 0 atom stereocenters. The van der Waals surface area contributed by atoms with Crippen LogP contribution in [-0.2, 0) is 0 Å². The number of para-hydroxylation sites is 2. The molecule has 0 saturated heterocycles. The molecule has 3 nitrogen and oxygen atoms in total. The summed E-state index contributed by atoms with van der Waals surface area (Å²) < 4.78 is 0. The summed E-state index contributed by atoms with van der Waals surface area (Å²) in [6.07, 6.45) is 0. The fraction of sp³-hybridized carbons (Fsp3) is 0.118. The lowest BCUT2D eigenvalue weighted by Crippen LogP contribution is -2.00. The van der Waals surface area contributed by atoms with Crippen LogP contribution in [0.15, 0.2) is 59.7 Å². The van der Waals surface area contributed by atoms with Crippen molar-refractivity contribution in [3.63, 3.8) is 0 Å². The molecule has 0 fully saturated rings. The Kier molecular flexibility index (Phi) is 3.25. The van der Waals surface area contributed by atoms with E-state index in [9.17, 15) is 0 Å². The zero-order chi connectivity index (χ0) is 13.9. The van der Waals surface area contributed by atoms with E-state index in [1.165, 1.54) is 10.9 Å². The quantitative estimate of drug-likeness (QED) is 0.536. The van der Waals surface area contributed by atoms with Crippen LogP contribution in [0.2, 0.25) is 0 Å². The topological polar surface area (TPSA) is 40.2 Å². The van der Waals surface area contributed by atoms with E-state index >= 15 is 0 Å². The Hall–Kier alpha value is -2.55. The first-order valence-corrected chi connectivity index (χ1v) is 6.69. The fourth-order valence-electron chi connectivity index (χ4n) is 2.46. The van der Waals surface area contributed by atoms with Gasteiger partial charge in [0.1, 0.15) is 0 Å². The fourth-order valence-corrected chi connectivity index (χ4v) is 2.46. The van der Waals surface area contributed by atoms with Crippen molar-refractivity contribution in [1.29, 1.82) is 0 Å². The second-order valence-electron chi connectivity index (χ2n) is 4.85. The highest BCUT2D eigenvalue weighted by molar-refractivity contribution is 6.11. The van der Waals surface area contributed by atoms with Crippen molar-refractivity contribution < 1.29 is 0 Å². The van der Waals surface area contributed by atoms with E-state index in [-0.39, 0.29) is 0 Å². The van der Waals surface area contributed by atoms with Crippen LogP contribution in [0.4, 0.5) is 5.69 Å². The monoisotopic (exact) mass is 263 g/mol. The highest BCUT2D eigenvalue weighted by atomic mass is 15.3. The smallest absolute Gasteiger partial charge is 0.0672 e. The van der Waals surface area contributed by atoms with E-state index in [1.54, 1.807) is 0 Å². The maximum atomic E-state index is 4.49. The van der Waals surface area contributed by atoms with Gasteiger partial charge in [0, 0.05) is 22.2 Å². The lowest BCUT2D eigenvalue weighted by atomic mass is 10.1. The molecule has 0 saturated carbocycles. The van der Waals surface area contributed by atoms with Crippen LogP contribution in [0.1, 0.15) is 18.2 Å². The van der Waals surface area contributed by atoms with Gasteiger partial charge in [-0.15, -0.1) is 0 Å². The molecule has 2 N–H and O–H groups in total. The summed E-state index contributed by atoms with van der Waals surface area (Å²) in [5.74, 6) is 0. The number of hydrogen-bond donors (Lipinski definition) is 2. The molecule has 100 valence electrons. The molecule has 1 aromatic heterocycles. The van der Waals surface area contributed by atoms with Crippen molar-refractivity contribution in [2.24, 2.45) is 5.10 Å². The molecule has 20 heavy (non-hydrogen) atoms. The third kappa shape index (κ3) is 2.30. The van der Waals surface area contributed by atoms with Gasteiger partial charge in [-0.05, 0) is 32.0 Å². The van der Waals surface area contributed by atoms with E-state index in [4.69, 9.17) is 0 Å². The number of H-pyrrole nitrogens is 1. The Bertz CT molecular complexity index is 754. The van der Waals surface area contributed by atoms with Gasteiger partial charge in [-0.2, -0.15) is 5.10 Å². The molecule has 0 radical (unpaired) electrons. The van der Waals surface area contributed by atoms with Crippen LogP contribution >= 0.6 is 0 Å². The molecular weight excluding hydrogens is 246 g/mol. The molecule has 3 aromatic rings. The van der Waals surface area contributed by atoms with Gasteiger partial charge >= 0.3 is 0 Å². The zero-order valence-electron chi connectivity index (χ0n) is 11.6. The van der Waals surface area contributed by atoms with Gasteiger partial charge in [-0.25, -0.2) is 0 Å². The van der Waals surface area contributed by atoms with E-state index in [0.717, 1.165) is 22.6 Å². The predicted molar refractivity (Wildman–Crippen MR) is 85.3 cm³/mol. The molecule has 0 aliphatic carbocycles. The third-order valence-electron chi connectivity index (χ3n) is 3.38. The number of aromatic nitrogens is 1. The maximum absolute atomic E-state index is 4.49. The average molecular weight is 263 g/mol. The summed E-state index contributed by atoms with van der Waals surface area (Å²) in [4.78, 5) is 3.40. The number of anilines is 1. The second-order valence-corrected chi connectivity index (χ2v) is 4.85. The van der Waals surface area contributed by atoms with Gasteiger partial charge in [0.15, 0.2) is 0 Å². The molecular formula is C17H17N3. The molecule has 3 heteroatoms. The molecule has 0 unspecified atom stereocenters. The molecule has 0 aliphatic rings. The largest absolute Gasteiger partial charge is 0.358 e. The first kappa shape index (κ1) is 12.5. The van der Waals surface area contributed by atoms with Gasteiger partial charge in [0.25, 0.3) is 0 Å². The van der Waals surface area contributed by atoms with Crippen molar-refractivity contribution >= 4 is 22.3 Å². The number of nitrogens with one attached hydrogen (secondary N) is 2. The summed E-state index contributed by atoms with van der Waals surface area (Å²) >= 11 is 0. The number of aryl methyl sites for hydroxylation is 1. The number of hydrazone groups is 1. The Morgan fingerprint density at radius 3 is 2.50 bits per heavy atom. The number of nitrogens with zero attached hydrogens (tertiary/aromatic N) is 1. The Morgan fingerprint density at radius 1 is 1.00 bits per heavy atom. The number of benzene rings is 2. The Balaban J connectivity index is 1.96. The molecule has 2 aromatic carbocycles. The number of aromatic amines is 1. The molecule has 1 heterocycles. The predicted octanol–water partition coefficient (Wildman–Crippen LogP) is 4.31. The minimum Gasteiger partial charge on any atom is -0.358 e. The SMILES string of the molecule is CC(=NNc1ccccc1)c1c(C)[nH]c2ccccc12. The van der Waals surface area contributed by atoms with Crippen molar-refractivity contribution in [3.8, 4) is 0 Å². The molecule has 0 aliphatic heterocycles. The Labute approximate surface area is 118 Å². The van der Waals surface area contributed by atoms with E-state index < -0.39 is 0 Å². The Morgan fingerprint density at radius 2 is 1.70 bits per heavy atom. The van der Waals surface area contributed by atoms with Crippen molar-refractivity contribution in [1.82, 2.24) is 4.98 Å². The van der Waals surface area contributed by atoms with Crippen LogP contribution in [0.25, 0.3) is 10.9 Å². The van der Waals surface area contributed by atoms with Gasteiger partial charge < -0.3 is 4.98 Å². The van der Waals surface area contributed by atoms with E-state index in [0.29, 0.717) is 0 Å². The van der Waals surface area contributed by atoms with E-state index in [2.05, 4.69) is 40.6 Å². The maximum Gasteiger partial charge on any atom is 0.0672 e. The van der Waals surface area contributed by atoms with Crippen LogP contribution in [-0.4, -0.2) is 10.7 Å². The van der Waals surface area contributed by atoms with Crippen LogP contribution in [0.5, 0.6) is 0 Å². The van der Waals surface area contributed by atoms with Gasteiger partial charge in [0.05, 0.1) is 11.4 Å². The summed E-state index contributed by atoms with van der Waals surface area (Å²) in [5.41, 5.74) is 8.52. The molecule has 0 spiro atoms. The van der Waals surface area contributed by atoms with Crippen LogP contribution in [0, 0.1) is 6.92 Å². The van der Waals surface area contributed by atoms with Crippen molar-refractivity contribution in [2.45, 2.75) is 13.8 Å². The number of hydrogen-bond acceptors (Lipinski definition) is 2.